The first-order valence-corrected chi connectivity index (χ1v) is 9.52. The molecule has 0 saturated carbocycles. The average molecular weight is 393 g/mol. The molecule has 144 valence electrons. The summed E-state index contributed by atoms with van der Waals surface area (Å²) in [5, 5.41) is 0. The largest absolute Gasteiger partial charge is 0.336 e. The second-order valence-corrected chi connectivity index (χ2v) is 8.03. The Labute approximate surface area is 160 Å². The maximum Gasteiger partial charge on any atom is 0.336 e. The van der Waals surface area contributed by atoms with E-state index in [1.54, 1.807) is 0 Å². The molecule has 2 aromatic rings. The van der Waals surface area contributed by atoms with Crippen molar-refractivity contribution < 1.29 is 18.4 Å². The van der Waals surface area contributed by atoms with E-state index in [0.717, 1.165) is 31.4 Å². The average Bonchev–Trinajstić information content (AvgIpc) is 3.05. The van der Waals surface area contributed by atoms with Gasteiger partial charge in [0.15, 0.2) is 11.6 Å². The Bertz CT molecular complexity index is 869. The molecule has 1 aliphatic carbocycles. The zero-order valence-corrected chi connectivity index (χ0v) is 16.0. The van der Waals surface area contributed by atoms with Gasteiger partial charge in [0.05, 0.1) is 4.88 Å². The Morgan fingerprint density at radius 3 is 2.74 bits per heavy atom. The van der Waals surface area contributed by atoms with Crippen LogP contribution in [0.2, 0.25) is 0 Å². The van der Waals surface area contributed by atoms with E-state index in [2.05, 4.69) is 17.8 Å². The first-order valence-electron chi connectivity index (χ1n) is 8.70. The number of rotatable bonds is 3. The molecule has 3 amide bonds. The van der Waals surface area contributed by atoms with Gasteiger partial charge < -0.3 is 4.90 Å². The van der Waals surface area contributed by atoms with E-state index in [-0.39, 0.29) is 12.5 Å². The Hall–Kier alpha value is -2.48. The third kappa shape index (κ3) is 4.63. The molecule has 1 aromatic heterocycles. The normalized spacial score (nSPS) is 15.8. The second-order valence-electron chi connectivity index (χ2n) is 6.90. The van der Waals surface area contributed by atoms with Crippen LogP contribution in [0.1, 0.15) is 39.0 Å². The number of carbonyl (C=O) groups is 2. The lowest BCUT2D eigenvalue weighted by Crippen LogP contribution is -2.47. The topological polar surface area (TPSA) is 61.4 Å². The molecule has 0 radical (unpaired) electrons. The minimum absolute atomic E-state index is 0.0735. The molecule has 1 unspecified atom stereocenters. The summed E-state index contributed by atoms with van der Waals surface area (Å²) in [6.45, 7) is 2.27. The minimum Gasteiger partial charge on any atom is -0.322 e. The van der Waals surface area contributed by atoms with Crippen LogP contribution in [0.15, 0.2) is 24.3 Å². The summed E-state index contributed by atoms with van der Waals surface area (Å²) in [6, 6.07) is 4.79. The monoisotopic (exact) mass is 393 g/mol. The predicted octanol–water partition coefficient (Wildman–Crippen LogP) is 3.64. The highest BCUT2D eigenvalue weighted by Gasteiger charge is 2.21. The van der Waals surface area contributed by atoms with Gasteiger partial charge >= 0.3 is 6.03 Å². The van der Waals surface area contributed by atoms with Gasteiger partial charge in [-0.1, -0.05) is 13.0 Å². The van der Waals surface area contributed by atoms with Crippen molar-refractivity contribution in [3.8, 4) is 0 Å². The van der Waals surface area contributed by atoms with Crippen LogP contribution in [0, 0.1) is 17.6 Å². The number of urea groups is 1. The molecule has 0 spiro atoms. The number of fused-ring (bicyclic) bond motifs is 1. The van der Waals surface area contributed by atoms with E-state index in [0.29, 0.717) is 16.4 Å². The lowest BCUT2D eigenvalue weighted by atomic mass is 9.90. The maximum absolute atomic E-state index is 13.2. The minimum atomic E-state index is -0.967. The Balaban J connectivity index is 1.53. The van der Waals surface area contributed by atoms with E-state index >= 15 is 0 Å². The van der Waals surface area contributed by atoms with Gasteiger partial charge in [-0.25, -0.2) is 19.0 Å². The summed E-state index contributed by atoms with van der Waals surface area (Å²) >= 11 is 1.46. The number of hydrogen-bond acceptors (Lipinski definition) is 3. The fraction of sp³-hybridized carbons (Fsp3) is 0.368. The van der Waals surface area contributed by atoms with Crippen molar-refractivity contribution in [2.24, 2.45) is 5.92 Å². The summed E-state index contributed by atoms with van der Waals surface area (Å²) in [4.78, 5) is 27.5. The first kappa shape index (κ1) is 19.3. The van der Waals surface area contributed by atoms with E-state index in [9.17, 15) is 18.4 Å². The van der Waals surface area contributed by atoms with Crippen LogP contribution < -0.4 is 10.9 Å². The highest BCUT2D eigenvalue weighted by molar-refractivity contribution is 7.14. The summed E-state index contributed by atoms with van der Waals surface area (Å²) < 4.78 is 26.2. The van der Waals surface area contributed by atoms with Gasteiger partial charge in [0.25, 0.3) is 5.91 Å². The fourth-order valence-electron chi connectivity index (χ4n) is 3.07. The van der Waals surface area contributed by atoms with Crippen molar-refractivity contribution in [3.05, 3.63) is 56.8 Å². The molecule has 1 aliphatic rings. The van der Waals surface area contributed by atoms with Crippen LogP contribution in [0.25, 0.3) is 0 Å². The van der Waals surface area contributed by atoms with Crippen molar-refractivity contribution in [2.75, 3.05) is 7.05 Å². The van der Waals surface area contributed by atoms with Crippen molar-refractivity contribution in [1.82, 2.24) is 15.8 Å². The highest BCUT2D eigenvalue weighted by Crippen LogP contribution is 2.32. The molecule has 27 heavy (non-hydrogen) atoms. The molecule has 3 rings (SSSR count). The zero-order chi connectivity index (χ0) is 19.6. The standard InChI is InChI=1S/C19H21F2N3O2S/c1-11-3-6-16-13(7-11)9-17(27-16)18(25)22-23-19(26)24(2)10-12-4-5-14(20)15(21)8-12/h4-5,8-9,11H,3,6-7,10H2,1-2H3,(H,22,25)(H,23,26). The summed E-state index contributed by atoms with van der Waals surface area (Å²) in [5.74, 6) is -1.65. The summed E-state index contributed by atoms with van der Waals surface area (Å²) in [6.07, 6.45) is 3.08. The fourth-order valence-corrected chi connectivity index (χ4v) is 4.17. The van der Waals surface area contributed by atoms with Crippen LogP contribution in [0.4, 0.5) is 13.6 Å². The molecule has 0 fully saturated rings. The molecule has 1 heterocycles. The number of hydrazine groups is 1. The third-order valence-electron chi connectivity index (χ3n) is 4.59. The van der Waals surface area contributed by atoms with Crippen LogP contribution in [0.3, 0.4) is 0 Å². The number of aryl methyl sites for hydroxylation is 1. The van der Waals surface area contributed by atoms with E-state index in [1.807, 2.05) is 6.07 Å². The van der Waals surface area contributed by atoms with Crippen LogP contribution in [0.5, 0.6) is 0 Å². The first-order chi connectivity index (χ1) is 12.8. The lowest BCUT2D eigenvalue weighted by Gasteiger charge is -2.18. The molecule has 2 N–H and O–H groups in total. The quantitative estimate of drug-likeness (QED) is 0.782. The van der Waals surface area contributed by atoms with Crippen molar-refractivity contribution >= 4 is 23.3 Å². The smallest absolute Gasteiger partial charge is 0.322 e. The molecule has 1 aromatic carbocycles. The van der Waals surface area contributed by atoms with Gasteiger partial charge in [0, 0.05) is 18.5 Å². The van der Waals surface area contributed by atoms with Gasteiger partial charge in [-0.15, -0.1) is 11.3 Å². The summed E-state index contributed by atoms with van der Waals surface area (Å²) in [7, 11) is 1.49. The number of amides is 3. The highest BCUT2D eigenvalue weighted by atomic mass is 32.1. The number of halogens is 2. The zero-order valence-electron chi connectivity index (χ0n) is 15.1. The molecular formula is C19H21F2N3O2S. The van der Waals surface area contributed by atoms with Crippen molar-refractivity contribution in [3.63, 3.8) is 0 Å². The lowest BCUT2D eigenvalue weighted by molar-refractivity contribution is 0.0935. The second kappa shape index (κ2) is 8.04. The van der Waals surface area contributed by atoms with Crippen molar-refractivity contribution in [1.29, 1.82) is 0 Å². The van der Waals surface area contributed by atoms with Crippen LogP contribution >= 0.6 is 11.3 Å². The van der Waals surface area contributed by atoms with Gasteiger partial charge in [0.1, 0.15) is 0 Å². The number of thiophene rings is 1. The van der Waals surface area contributed by atoms with Gasteiger partial charge in [-0.3, -0.25) is 10.2 Å². The van der Waals surface area contributed by atoms with E-state index in [4.69, 9.17) is 0 Å². The Morgan fingerprint density at radius 2 is 2.00 bits per heavy atom. The number of carbonyl (C=O) groups excluding carboxylic acids is 2. The Kier molecular flexibility index (Phi) is 5.74. The molecule has 5 nitrogen and oxygen atoms in total. The number of benzene rings is 1. The van der Waals surface area contributed by atoms with Gasteiger partial charge in [0.2, 0.25) is 0 Å². The number of hydrogen-bond donors (Lipinski definition) is 2. The number of nitrogens with zero attached hydrogens (tertiary/aromatic N) is 1. The molecular weight excluding hydrogens is 372 g/mol. The molecule has 0 aliphatic heterocycles. The maximum atomic E-state index is 13.2. The molecule has 0 bridgehead atoms. The predicted molar refractivity (Wildman–Crippen MR) is 99.3 cm³/mol. The van der Waals surface area contributed by atoms with Gasteiger partial charge in [-0.05, 0) is 54.5 Å². The third-order valence-corrected chi connectivity index (χ3v) is 5.82. The summed E-state index contributed by atoms with van der Waals surface area (Å²) in [5.41, 5.74) is 6.40. The van der Waals surface area contributed by atoms with Crippen LogP contribution in [-0.4, -0.2) is 23.9 Å². The van der Waals surface area contributed by atoms with E-state index in [1.165, 1.54) is 39.8 Å². The molecule has 8 heteroatoms. The van der Waals surface area contributed by atoms with Gasteiger partial charge in [-0.2, -0.15) is 0 Å². The Morgan fingerprint density at radius 1 is 1.22 bits per heavy atom. The van der Waals surface area contributed by atoms with Crippen molar-refractivity contribution in [2.45, 2.75) is 32.7 Å². The SMILES string of the molecule is CC1CCc2sc(C(=O)NNC(=O)N(C)Cc3ccc(F)c(F)c3)cc2C1. The molecule has 0 saturated heterocycles. The number of nitrogens with one attached hydrogen (secondary N) is 2. The molecule has 1 atom stereocenters. The van der Waals surface area contributed by atoms with Crippen LogP contribution in [-0.2, 0) is 19.4 Å². The van der Waals surface area contributed by atoms with E-state index < -0.39 is 17.7 Å².